The maximum absolute atomic E-state index is 12.5. The Morgan fingerprint density at radius 1 is 1.47 bits per heavy atom. The topological polar surface area (TPSA) is 58.6 Å². The largest absolute Gasteiger partial charge is 0.374 e. The standard InChI is InChI=1S/C12H17ClN2O3S/c1-14-8-10-9-15(6-7-18-10)19(16,17)12-5-3-2-4-11(12)13/h2-5,10,14H,6-9H2,1H3. The summed E-state index contributed by atoms with van der Waals surface area (Å²) in [4.78, 5) is 0.154. The van der Waals surface area contributed by atoms with Crippen molar-refractivity contribution in [3.8, 4) is 0 Å². The molecule has 7 heteroatoms. The van der Waals surface area contributed by atoms with Gasteiger partial charge in [0.25, 0.3) is 0 Å². The number of nitrogens with one attached hydrogen (secondary N) is 1. The van der Waals surface area contributed by atoms with Gasteiger partial charge in [0.2, 0.25) is 10.0 Å². The quantitative estimate of drug-likeness (QED) is 0.900. The van der Waals surface area contributed by atoms with E-state index in [4.69, 9.17) is 16.3 Å². The molecule has 0 aliphatic carbocycles. The average molecular weight is 305 g/mol. The fourth-order valence-corrected chi connectivity index (χ4v) is 4.00. The van der Waals surface area contributed by atoms with Crippen LogP contribution in [0, 0.1) is 0 Å². The highest BCUT2D eigenvalue weighted by Crippen LogP contribution is 2.25. The molecule has 0 spiro atoms. The molecular formula is C12H17ClN2O3S. The van der Waals surface area contributed by atoms with Gasteiger partial charge < -0.3 is 10.1 Å². The smallest absolute Gasteiger partial charge is 0.244 e. The van der Waals surface area contributed by atoms with E-state index in [1.165, 1.54) is 10.4 Å². The lowest BCUT2D eigenvalue weighted by Gasteiger charge is -2.32. The van der Waals surface area contributed by atoms with E-state index in [-0.39, 0.29) is 16.0 Å². The number of rotatable bonds is 4. The number of likely N-dealkylation sites (N-methyl/N-ethyl adjacent to an activating group) is 1. The van der Waals surface area contributed by atoms with Gasteiger partial charge in [0.15, 0.2) is 0 Å². The first-order valence-electron chi connectivity index (χ1n) is 6.06. The van der Waals surface area contributed by atoms with Crippen LogP contribution in [-0.4, -0.2) is 52.1 Å². The lowest BCUT2D eigenvalue weighted by atomic mass is 10.3. The fourth-order valence-electron chi connectivity index (χ4n) is 2.05. The van der Waals surface area contributed by atoms with Crippen molar-refractivity contribution < 1.29 is 13.2 Å². The van der Waals surface area contributed by atoms with Crippen LogP contribution in [0.4, 0.5) is 0 Å². The molecule has 1 aliphatic heterocycles. The van der Waals surface area contributed by atoms with E-state index in [0.29, 0.717) is 26.2 Å². The molecule has 1 atom stereocenters. The van der Waals surface area contributed by atoms with E-state index in [0.717, 1.165) is 0 Å². The molecule has 1 heterocycles. The molecule has 1 N–H and O–H groups in total. The van der Waals surface area contributed by atoms with Crippen LogP contribution in [0.2, 0.25) is 5.02 Å². The molecule has 1 aromatic rings. The lowest BCUT2D eigenvalue weighted by Crippen LogP contribution is -2.48. The van der Waals surface area contributed by atoms with Gasteiger partial charge in [-0.1, -0.05) is 23.7 Å². The number of morpholine rings is 1. The summed E-state index contributed by atoms with van der Waals surface area (Å²) < 4.78 is 32.0. The summed E-state index contributed by atoms with van der Waals surface area (Å²) in [5.41, 5.74) is 0. The summed E-state index contributed by atoms with van der Waals surface area (Å²) >= 11 is 5.98. The number of halogens is 1. The Balaban J connectivity index is 2.22. The molecule has 0 aromatic heterocycles. The Bertz CT molecular complexity index is 534. The minimum Gasteiger partial charge on any atom is -0.374 e. The van der Waals surface area contributed by atoms with Crippen LogP contribution in [-0.2, 0) is 14.8 Å². The van der Waals surface area contributed by atoms with Gasteiger partial charge in [-0.3, -0.25) is 0 Å². The second-order valence-electron chi connectivity index (χ2n) is 4.34. The molecule has 1 fully saturated rings. The van der Waals surface area contributed by atoms with Crippen LogP contribution >= 0.6 is 11.6 Å². The van der Waals surface area contributed by atoms with E-state index in [2.05, 4.69) is 5.32 Å². The van der Waals surface area contributed by atoms with Gasteiger partial charge in [-0.2, -0.15) is 4.31 Å². The molecule has 0 bridgehead atoms. The molecule has 106 valence electrons. The Kier molecular flexibility index (Phi) is 4.81. The average Bonchev–Trinajstić information content (AvgIpc) is 2.40. The highest BCUT2D eigenvalue weighted by molar-refractivity contribution is 7.89. The van der Waals surface area contributed by atoms with E-state index in [1.807, 2.05) is 7.05 Å². The van der Waals surface area contributed by atoms with Crippen molar-refractivity contribution in [2.24, 2.45) is 0 Å². The molecule has 19 heavy (non-hydrogen) atoms. The van der Waals surface area contributed by atoms with Crippen LogP contribution < -0.4 is 5.32 Å². The van der Waals surface area contributed by atoms with Crippen molar-refractivity contribution >= 4 is 21.6 Å². The normalized spacial score (nSPS) is 21.5. The van der Waals surface area contributed by atoms with Crippen molar-refractivity contribution in [2.75, 3.05) is 33.3 Å². The summed E-state index contributed by atoms with van der Waals surface area (Å²) in [5.74, 6) is 0. The Hall–Kier alpha value is -0.660. The van der Waals surface area contributed by atoms with Crippen molar-refractivity contribution in [3.05, 3.63) is 29.3 Å². The molecule has 0 saturated carbocycles. The van der Waals surface area contributed by atoms with E-state index >= 15 is 0 Å². The van der Waals surface area contributed by atoms with Gasteiger partial charge in [0, 0.05) is 19.6 Å². The first kappa shape index (κ1) is 14.7. The van der Waals surface area contributed by atoms with Crippen molar-refractivity contribution in [2.45, 2.75) is 11.0 Å². The zero-order chi connectivity index (χ0) is 13.9. The molecule has 5 nitrogen and oxygen atoms in total. The van der Waals surface area contributed by atoms with Crippen LogP contribution in [0.1, 0.15) is 0 Å². The monoisotopic (exact) mass is 304 g/mol. The minimum absolute atomic E-state index is 0.129. The fraction of sp³-hybridized carbons (Fsp3) is 0.500. The van der Waals surface area contributed by atoms with Crippen molar-refractivity contribution in [1.82, 2.24) is 9.62 Å². The predicted molar refractivity (Wildman–Crippen MR) is 73.9 cm³/mol. The third-order valence-corrected chi connectivity index (χ3v) is 5.35. The van der Waals surface area contributed by atoms with E-state index in [1.54, 1.807) is 18.2 Å². The van der Waals surface area contributed by atoms with E-state index < -0.39 is 10.0 Å². The van der Waals surface area contributed by atoms with Crippen molar-refractivity contribution in [1.29, 1.82) is 0 Å². The maximum atomic E-state index is 12.5. The third kappa shape index (κ3) is 3.27. The Labute approximate surface area is 118 Å². The molecular weight excluding hydrogens is 288 g/mol. The maximum Gasteiger partial charge on any atom is 0.244 e. The number of hydrogen-bond donors (Lipinski definition) is 1. The first-order chi connectivity index (χ1) is 9.05. The molecule has 0 radical (unpaired) electrons. The Morgan fingerprint density at radius 2 is 2.21 bits per heavy atom. The van der Waals surface area contributed by atoms with Gasteiger partial charge >= 0.3 is 0 Å². The number of sulfonamides is 1. The van der Waals surface area contributed by atoms with Crippen LogP contribution in [0.15, 0.2) is 29.2 Å². The molecule has 1 saturated heterocycles. The Morgan fingerprint density at radius 3 is 2.89 bits per heavy atom. The predicted octanol–water partition coefficient (Wildman–Crippen LogP) is 0.949. The van der Waals surface area contributed by atoms with Crippen LogP contribution in [0.3, 0.4) is 0 Å². The van der Waals surface area contributed by atoms with Gasteiger partial charge in [-0.15, -0.1) is 0 Å². The second kappa shape index (κ2) is 6.19. The molecule has 0 amide bonds. The molecule has 1 aromatic carbocycles. The molecule has 1 unspecified atom stereocenters. The number of ether oxygens (including phenoxy) is 1. The van der Waals surface area contributed by atoms with Gasteiger partial charge in [0.05, 0.1) is 17.7 Å². The summed E-state index contributed by atoms with van der Waals surface area (Å²) in [6.45, 7) is 1.72. The van der Waals surface area contributed by atoms with Gasteiger partial charge in [0.1, 0.15) is 4.90 Å². The lowest BCUT2D eigenvalue weighted by molar-refractivity contribution is 0.000825. The van der Waals surface area contributed by atoms with Gasteiger partial charge in [-0.25, -0.2) is 8.42 Å². The highest BCUT2D eigenvalue weighted by atomic mass is 35.5. The van der Waals surface area contributed by atoms with Crippen LogP contribution in [0.5, 0.6) is 0 Å². The SMILES string of the molecule is CNCC1CN(S(=O)(=O)c2ccccc2Cl)CCO1. The zero-order valence-corrected chi connectivity index (χ0v) is 12.2. The molecule has 1 aliphatic rings. The summed E-state index contributed by atoms with van der Waals surface area (Å²) in [6, 6.07) is 6.49. The third-order valence-electron chi connectivity index (χ3n) is 2.99. The summed E-state index contributed by atoms with van der Waals surface area (Å²) in [7, 11) is -1.74. The number of nitrogens with zero attached hydrogens (tertiary/aromatic N) is 1. The van der Waals surface area contributed by atoms with Crippen LogP contribution in [0.25, 0.3) is 0 Å². The van der Waals surface area contributed by atoms with Crippen molar-refractivity contribution in [3.63, 3.8) is 0 Å². The van der Waals surface area contributed by atoms with Gasteiger partial charge in [-0.05, 0) is 19.2 Å². The molecule has 2 rings (SSSR count). The minimum atomic E-state index is -3.55. The summed E-state index contributed by atoms with van der Waals surface area (Å²) in [6.07, 6.45) is -0.129. The number of benzene rings is 1. The first-order valence-corrected chi connectivity index (χ1v) is 7.88. The number of hydrogen-bond acceptors (Lipinski definition) is 4. The summed E-state index contributed by atoms with van der Waals surface area (Å²) in [5, 5.41) is 3.24. The van der Waals surface area contributed by atoms with E-state index in [9.17, 15) is 8.42 Å². The highest BCUT2D eigenvalue weighted by Gasteiger charge is 2.31. The zero-order valence-electron chi connectivity index (χ0n) is 10.7. The second-order valence-corrected chi connectivity index (χ2v) is 6.66.